The second-order valence-electron chi connectivity index (χ2n) is 4.58. The molecular formula is C16H11N5O2. The number of nitrogens with one attached hydrogen (secondary N) is 1. The van der Waals surface area contributed by atoms with Crippen LogP contribution < -0.4 is 16.0 Å². The first-order chi connectivity index (χ1) is 11.1. The fraction of sp³-hybridized carbons (Fsp3) is 0.125. The molecule has 7 heteroatoms. The Morgan fingerprint density at radius 3 is 2.48 bits per heavy atom. The number of nitrogens with two attached hydrogens (primary N) is 1. The van der Waals surface area contributed by atoms with E-state index in [1.165, 1.54) is 7.11 Å². The van der Waals surface area contributed by atoms with E-state index in [1.807, 2.05) is 12.1 Å². The minimum absolute atomic E-state index is 0.00854. The third kappa shape index (κ3) is 2.70. The number of anilines is 1. The topological polar surface area (TPSA) is 139 Å². The molecule has 23 heavy (non-hydrogen) atoms. The predicted octanol–water partition coefficient (Wildman–Crippen LogP) is 1.44. The molecule has 2 rings (SSSR count). The van der Waals surface area contributed by atoms with Gasteiger partial charge in [-0.3, -0.25) is 4.79 Å². The molecule has 1 aromatic carbocycles. The van der Waals surface area contributed by atoms with Crippen LogP contribution in [0.5, 0.6) is 5.75 Å². The highest BCUT2D eigenvalue weighted by atomic mass is 16.5. The van der Waals surface area contributed by atoms with Gasteiger partial charge in [-0.05, 0) is 17.7 Å². The Labute approximate surface area is 131 Å². The van der Waals surface area contributed by atoms with Crippen LogP contribution in [0.1, 0.15) is 16.7 Å². The summed E-state index contributed by atoms with van der Waals surface area (Å²) >= 11 is 0. The fourth-order valence-electron chi connectivity index (χ4n) is 2.29. The number of H-pyrrole nitrogens is 1. The van der Waals surface area contributed by atoms with Crippen molar-refractivity contribution in [3.05, 3.63) is 45.2 Å². The molecule has 0 bridgehead atoms. The fourth-order valence-corrected chi connectivity index (χ4v) is 2.29. The molecule has 0 aliphatic carbocycles. The van der Waals surface area contributed by atoms with Crippen molar-refractivity contribution < 1.29 is 4.74 Å². The minimum Gasteiger partial charge on any atom is -0.496 e. The van der Waals surface area contributed by atoms with E-state index in [-0.39, 0.29) is 28.9 Å². The lowest BCUT2D eigenvalue weighted by Gasteiger charge is -2.12. The van der Waals surface area contributed by atoms with E-state index in [0.29, 0.717) is 16.9 Å². The number of rotatable bonds is 3. The highest BCUT2D eigenvalue weighted by Gasteiger charge is 2.19. The van der Waals surface area contributed by atoms with E-state index < -0.39 is 5.56 Å². The molecule has 7 nitrogen and oxygen atoms in total. The van der Waals surface area contributed by atoms with Crippen LogP contribution in [0.2, 0.25) is 0 Å². The standard InChI is InChI=1S/C16H11N5O2/c1-23-13-3-2-10(6-9(13)4-5-17)14-11(7-18)15(20)21-16(22)12(14)8-19/h2-3,6H,4H2,1H3,(H3,20,21,22). The minimum atomic E-state index is -0.670. The molecule has 0 saturated heterocycles. The molecule has 0 spiro atoms. The van der Waals surface area contributed by atoms with E-state index in [1.54, 1.807) is 24.3 Å². The van der Waals surface area contributed by atoms with Gasteiger partial charge < -0.3 is 15.5 Å². The summed E-state index contributed by atoms with van der Waals surface area (Å²) in [6.07, 6.45) is 0.0828. The van der Waals surface area contributed by atoms with Crippen molar-refractivity contribution >= 4 is 5.82 Å². The number of hydrogen-bond donors (Lipinski definition) is 2. The van der Waals surface area contributed by atoms with Crippen molar-refractivity contribution in [1.29, 1.82) is 15.8 Å². The SMILES string of the molecule is COc1ccc(-c2c(C#N)c(N)[nH]c(=O)c2C#N)cc1CC#N. The van der Waals surface area contributed by atoms with Gasteiger partial charge in [0, 0.05) is 11.1 Å². The van der Waals surface area contributed by atoms with Crippen LogP contribution in [-0.2, 0) is 6.42 Å². The van der Waals surface area contributed by atoms with Crippen LogP contribution in [0.25, 0.3) is 11.1 Å². The largest absolute Gasteiger partial charge is 0.496 e. The van der Waals surface area contributed by atoms with Gasteiger partial charge >= 0.3 is 0 Å². The summed E-state index contributed by atoms with van der Waals surface area (Å²) in [6.45, 7) is 0. The van der Waals surface area contributed by atoms with Crippen molar-refractivity contribution in [3.63, 3.8) is 0 Å². The van der Waals surface area contributed by atoms with E-state index >= 15 is 0 Å². The van der Waals surface area contributed by atoms with Gasteiger partial charge in [-0.15, -0.1) is 0 Å². The molecule has 0 saturated carbocycles. The van der Waals surface area contributed by atoms with E-state index in [0.717, 1.165) is 0 Å². The van der Waals surface area contributed by atoms with Gasteiger partial charge in [-0.25, -0.2) is 0 Å². The number of methoxy groups -OCH3 is 1. The number of nitriles is 3. The number of ether oxygens (including phenoxy) is 1. The molecule has 0 atom stereocenters. The zero-order chi connectivity index (χ0) is 17.0. The summed E-state index contributed by atoms with van der Waals surface area (Å²) < 4.78 is 5.18. The molecule has 2 aromatic rings. The number of nitrogen functional groups attached to an aromatic ring is 1. The molecule has 0 amide bonds. The number of benzene rings is 1. The van der Waals surface area contributed by atoms with Crippen LogP contribution in [0.3, 0.4) is 0 Å². The molecule has 1 aromatic heterocycles. The Morgan fingerprint density at radius 1 is 1.22 bits per heavy atom. The molecule has 3 N–H and O–H groups in total. The van der Waals surface area contributed by atoms with Gasteiger partial charge in [0.2, 0.25) is 0 Å². The van der Waals surface area contributed by atoms with Crippen molar-refractivity contribution in [2.45, 2.75) is 6.42 Å². The van der Waals surface area contributed by atoms with E-state index in [2.05, 4.69) is 4.98 Å². The Kier molecular flexibility index (Phi) is 4.31. The van der Waals surface area contributed by atoms with Gasteiger partial charge in [0.15, 0.2) is 0 Å². The summed E-state index contributed by atoms with van der Waals surface area (Å²) in [6, 6.07) is 10.5. The zero-order valence-corrected chi connectivity index (χ0v) is 12.2. The average Bonchev–Trinajstić information content (AvgIpc) is 2.54. The molecule has 0 fully saturated rings. The first-order valence-corrected chi connectivity index (χ1v) is 6.47. The second kappa shape index (κ2) is 6.34. The summed E-state index contributed by atoms with van der Waals surface area (Å²) in [7, 11) is 1.47. The molecule has 0 unspecified atom stereocenters. The van der Waals surface area contributed by atoms with Crippen molar-refractivity contribution in [2.24, 2.45) is 0 Å². The summed E-state index contributed by atoms with van der Waals surface area (Å²) in [5.74, 6) is 0.397. The Balaban J connectivity index is 2.85. The second-order valence-corrected chi connectivity index (χ2v) is 4.58. The molecule has 112 valence electrons. The van der Waals surface area contributed by atoms with Crippen LogP contribution >= 0.6 is 0 Å². The van der Waals surface area contributed by atoms with Crippen molar-refractivity contribution in [2.75, 3.05) is 12.8 Å². The lowest BCUT2D eigenvalue weighted by atomic mass is 9.94. The molecule has 0 radical (unpaired) electrons. The Morgan fingerprint density at radius 2 is 1.91 bits per heavy atom. The third-order valence-corrected chi connectivity index (χ3v) is 3.31. The summed E-state index contributed by atoms with van der Waals surface area (Å²) in [4.78, 5) is 14.2. The number of aromatic amines is 1. The number of aromatic nitrogens is 1. The van der Waals surface area contributed by atoms with Crippen molar-refractivity contribution in [3.8, 4) is 35.1 Å². The normalized spacial score (nSPS) is 9.48. The van der Waals surface area contributed by atoms with E-state index in [9.17, 15) is 15.3 Å². The highest BCUT2D eigenvalue weighted by molar-refractivity contribution is 5.80. The van der Waals surface area contributed by atoms with E-state index in [4.69, 9.17) is 15.7 Å². The Hall–Kier alpha value is -3.76. The highest BCUT2D eigenvalue weighted by Crippen LogP contribution is 2.31. The molecule has 0 aliphatic rings. The van der Waals surface area contributed by atoms with Crippen LogP contribution in [0, 0.1) is 34.0 Å². The van der Waals surface area contributed by atoms with Gasteiger partial charge in [0.05, 0.1) is 19.6 Å². The summed E-state index contributed by atoms with van der Waals surface area (Å²) in [5, 5.41) is 27.5. The molecular weight excluding hydrogens is 294 g/mol. The number of nitrogens with zero attached hydrogens (tertiary/aromatic N) is 3. The Bertz CT molecular complexity index is 955. The maximum Gasteiger partial charge on any atom is 0.268 e. The summed E-state index contributed by atoms with van der Waals surface area (Å²) in [5.41, 5.74) is 6.00. The quantitative estimate of drug-likeness (QED) is 0.879. The molecule has 0 aliphatic heterocycles. The first-order valence-electron chi connectivity index (χ1n) is 6.47. The lowest BCUT2D eigenvalue weighted by molar-refractivity contribution is 0.411. The number of hydrogen-bond acceptors (Lipinski definition) is 6. The predicted molar refractivity (Wildman–Crippen MR) is 82.2 cm³/mol. The van der Waals surface area contributed by atoms with Crippen LogP contribution in [0.15, 0.2) is 23.0 Å². The van der Waals surface area contributed by atoms with Crippen LogP contribution in [-0.4, -0.2) is 12.1 Å². The van der Waals surface area contributed by atoms with Crippen LogP contribution in [0.4, 0.5) is 5.82 Å². The maximum atomic E-state index is 11.9. The average molecular weight is 305 g/mol. The number of pyridine rings is 1. The lowest BCUT2D eigenvalue weighted by Crippen LogP contribution is -2.16. The monoisotopic (exact) mass is 305 g/mol. The smallest absolute Gasteiger partial charge is 0.268 e. The third-order valence-electron chi connectivity index (χ3n) is 3.31. The maximum absolute atomic E-state index is 11.9. The first kappa shape index (κ1) is 15.6. The molecule has 1 heterocycles. The van der Waals surface area contributed by atoms with Crippen molar-refractivity contribution in [1.82, 2.24) is 4.98 Å². The van der Waals surface area contributed by atoms with Gasteiger partial charge in [-0.2, -0.15) is 15.8 Å². The van der Waals surface area contributed by atoms with Gasteiger partial charge in [0.1, 0.15) is 34.8 Å². The van der Waals surface area contributed by atoms with Gasteiger partial charge in [0.25, 0.3) is 5.56 Å². The zero-order valence-electron chi connectivity index (χ0n) is 12.2. The van der Waals surface area contributed by atoms with Gasteiger partial charge in [-0.1, -0.05) is 6.07 Å².